The quantitative estimate of drug-likeness (QED) is 0.634. The van der Waals surface area contributed by atoms with Crippen LogP contribution in [0.1, 0.15) is 51.9 Å². The van der Waals surface area contributed by atoms with Crippen molar-refractivity contribution in [3.05, 3.63) is 0 Å². The molecule has 3 saturated heterocycles. The maximum Gasteiger partial charge on any atom is 0.237 e. The van der Waals surface area contributed by atoms with E-state index in [1.807, 2.05) is 7.05 Å². The van der Waals surface area contributed by atoms with E-state index < -0.39 is 12.3 Å². The van der Waals surface area contributed by atoms with Gasteiger partial charge in [0.15, 0.2) is 0 Å². The van der Waals surface area contributed by atoms with Crippen molar-refractivity contribution in [1.82, 2.24) is 25.3 Å². The first kappa shape index (κ1) is 24.4. The van der Waals surface area contributed by atoms with Gasteiger partial charge in [-0.15, -0.1) is 0 Å². The van der Waals surface area contributed by atoms with Gasteiger partial charge in [0.25, 0.3) is 0 Å². The molecular weight excluding hydrogens is 440 g/mol. The van der Waals surface area contributed by atoms with E-state index in [2.05, 4.69) is 27.4 Å². The third-order valence-corrected chi connectivity index (χ3v) is 9.34. The van der Waals surface area contributed by atoms with Crippen LogP contribution in [0.5, 0.6) is 0 Å². The summed E-state index contributed by atoms with van der Waals surface area (Å²) in [4.78, 5) is 31.6. The van der Waals surface area contributed by atoms with E-state index >= 15 is 0 Å². The van der Waals surface area contributed by atoms with E-state index in [1.165, 1.54) is 0 Å². The van der Waals surface area contributed by atoms with E-state index in [0.29, 0.717) is 44.2 Å². The van der Waals surface area contributed by atoms with E-state index in [4.69, 9.17) is 0 Å². The number of carbonyl (C=O) groups excluding carboxylic acids is 2. The zero-order valence-corrected chi connectivity index (χ0v) is 20.6. The average molecular weight is 482 g/mol. The van der Waals surface area contributed by atoms with Crippen molar-refractivity contribution in [1.29, 1.82) is 0 Å². The number of fused-ring (bicyclic) bond motifs is 1. The minimum absolute atomic E-state index is 0.0653. The molecule has 0 spiro atoms. The van der Waals surface area contributed by atoms with Crippen LogP contribution < -0.4 is 10.6 Å². The highest BCUT2D eigenvalue weighted by Gasteiger charge is 2.47. The van der Waals surface area contributed by atoms with Gasteiger partial charge in [-0.25, -0.2) is 8.78 Å². The van der Waals surface area contributed by atoms with Gasteiger partial charge in [0.2, 0.25) is 11.8 Å². The molecule has 5 aliphatic rings. The number of halogens is 2. The smallest absolute Gasteiger partial charge is 0.237 e. The Morgan fingerprint density at radius 3 is 2.59 bits per heavy atom. The number of nitrogens with one attached hydrogen (secondary N) is 2. The number of alkyl halides is 2. The Balaban J connectivity index is 1.14. The number of amides is 2. The molecule has 0 aromatic rings. The SMILES string of the molecule is CC1CCC(F)C2CC(C(=O)NC3CC(F)CC(N4CC[C@@H](N5CCN(C)C(=O)C5)C4)C3)NC12. The highest BCUT2D eigenvalue weighted by Crippen LogP contribution is 2.39. The molecule has 3 heterocycles. The molecule has 5 fully saturated rings. The van der Waals surface area contributed by atoms with Crippen LogP contribution in [0, 0.1) is 11.8 Å². The van der Waals surface area contributed by atoms with Gasteiger partial charge >= 0.3 is 0 Å². The maximum atomic E-state index is 14.8. The largest absolute Gasteiger partial charge is 0.352 e. The van der Waals surface area contributed by atoms with Crippen LogP contribution in [0.25, 0.3) is 0 Å². The number of hydrogen-bond donors (Lipinski definition) is 2. The minimum Gasteiger partial charge on any atom is -0.352 e. The second-order valence-corrected chi connectivity index (χ2v) is 11.6. The van der Waals surface area contributed by atoms with Gasteiger partial charge in [-0.1, -0.05) is 6.92 Å². The van der Waals surface area contributed by atoms with Crippen molar-refractivity contribution in [2.75, 3.05) is 39.8 Å². The first-order valence-corrected chi connectivity index (χ1v) is 13.3. The van der Waals surface area contributed by atoms with Gasteiger partial charge in [-0.3, -0.25) is 19.4 Å². The van der Waals surface area contributed by atoms with Crippen molar-refractivity contribution in [2.24, 2.45) is 11.8 Å². The van der Waals surface area contributed by atoms with Crippen molar-refractivity contribution in [3.8, 4) is 0 Å². The molecule has 9 atom stereocenters. The molecule has 0 aromatic carbocycles. The number of likely N-dealkylation sites (N-methyl/N-ethyl adjacent to an activating group) is 1. The summed E-state index contributed by atoms with van der Waals surface area (Å²) < 4.78 is 29.2. The van der Waals surface area contributed by atoms with Crippen LogP contribution in [0.3, 0.4) is 0 Å². The van der Waals surface area contributed by atoms with Gasteiger partial charge in [0.1, 0.15) is 12.3 Å². The van der Waals surface area contributed by atoms with Crippen molar-refractivity contribution in [3.63, 3.8) is 0 Å². The van der Waals surface area contributed by atoms with Crippen LogP contribution in [0.2, 0.25) is 0 Å². The molecule has 5 rings (SSSR count). The summed E-state index contributed by atoms with van der Waals surface area (Å²) in [5.74, 6) is 0.364. The first-order chi connectivity index (χ1) is 16.3. The summed E-state index contributed by atoms with van der Waals surface area (Å²) in [5, 5.41) is 6.51. The van der Waals surface area contributed by atoms with E-state index in [-0.39, 0.29) is 41.9 Å². The summed E-state index contributed by atoms with van der Waals surface area (Å²) in [5.41, 5.74) is 0. The van der Waals surface area contributed by atoms with Crippen LogP contribution in [0.15, 0.2) is 0 Å². The molecule has 7 nitrogen and oxygen atoms in total. The summed E-state index contributed by atoms with van der Waals surface area (Å²) in [6.07, 6.45) is 2.83. The Labute approximate surface area is 202 Å². The number of likely N-dealkylation sites (tertiary alicyclic amines) is 1. The first-order valence-electron chi connectivity index (χ1n) is 13.3. The van der Waals surface area contributed by atoms with Crippen molar-refractivity contribution < 1.29 is 18.4 Å². The monoisotopic (exact) mass is 481 g/mol. The molecular formula is C25H41F2N5O2. The standard InChI is InChI=1S/C25H41F2N5O2/c1-15-3-4-21(27)20-12-22(29-24(15)20)25(34)28-17-9-16(26)10-19(11-17)31-6-5-18(13-31)32-8-7-30(2)23(33)14-32/h15-22,24,29H,3-14H2,1-2H3,(H,28,34)/t15?,16?,17?,18-,19?,20?,21?,22?,24?/m1/s1. The van der Waals surface area contributed by atoms with Gasteiger partial charge in [0.05, 0.1) is 12.6 Å². The average Bonchev–Trinajstić information content (AvgIpc) is 3.47. The Morgan fingerprint density at radius 1 is 1.00 bits per heavy atom. The topological polar surface area (TPSA) is 67.9 Å². The third-order valence-electron chi connectivity index (χ3n) is 9.34. The normalized spacial score (nSPS) is 44.3. The predicted molar refractivity (Wildman–Crippen MR) is 126 cm³/mol. The number of hydrogen-bond acceptors (Lipinski definition) is 5. The van der Waals surface area contributed by atoms with Gasteiger partial charge in [-0.2, -0.15) is 0 Å². The Kier molecular flexibility index (Phi) is 7.15. The molecule has 2 aliphatic carbocycles. The fraction of sp³-hybridized carbons (Fsp3) is 0.920. The zero-order valence-electron chi connectivity index (χ0n) is 20.6. The maximum absolute atomic E-state index is 14.8. The highest BCUT2D eigenvalue weighted by atomic mass is 19.1. The van der Waals surface area contributed by atoms with Gasteiger partial charge in [0, 0.05) is 63.3 Å². The molecule has 192 valence electrons. The lowest BCUT2D eigenvalue weighted by Crippen LogP contribution is -2.54. The minimum atomic E-state index is -0.928. The summed E-state index contributed by atoms with van der Waals surface area (Å²) >= 11 is 0. The van der Waals surface area contributed by atoms with Crippen LogP contribution in [-0.4, -0.2) is 109 Å². The lowest BCUT2D eigenvalue weighted by molar-refractivity contribution is -0.135. The van der Waals surface area contributed by atoms with E-state index in [1.54, 1.807) is 4.90 Å². The second-order valence-electron chi connectivity index (χ2n) is 11.6. The Morgan fingerprint density at radius 2 is 1.82 bits per heavy atom. The predicted octanol–water partition coefficient (Wildman–Crippen LogP) is 1.32. The zero-order chi connectivity index (χ0) is 24.0. The Bertz CT molecular complexity index is 754. The molecule has 2 saturated carbocycles. The van der Waals surface area contributed by atoms with Gasteiger partial charge < -0.3 is 15.5 Å². The molecule has 0 aromatic heterocycles. The summed E-state index contributed by atoms with van der Waals surface area (Å²) in [6.45, 7) is 6.03. The van der Waals surface area contributed by atoms with Gasteiger partial charge in [-0.05, 0) is 50.9 Å². The lowest BCUT2D eigenvalue weighted by Gasteiger charge is -2.39. The third kappa shape index (κ3) is 4.98. The highest BCUT2D eigenvalue weighted by molar-refractivity contribution is 5.82. The Hall–Kier alpha value is -1.32. The summed E-state index contributed by atoms with van der Waals surface area (Å²) in [7, 11) is 1.85. The van der Waals surface area contributed by atoms with E-state index in [9.17, 15) is 18.4 Å². The number of rotatable bonds is 4. The molecule has 2 N–H and O–H groups in total. The fourth-order valence-electron chi connectivity index (χ4n) is 7.23. The van der Waals surface area contributed by atoms with Crippen LogP contribution in [0.4, 0.5) is 8.78 Å². The van der Waals surface area contributed by atoms with Crippen LogP contribution >= 0.6 is 0 Å². The molecule has 3 aliphatic heterocycles. The molecule has 0 radical (unpaired) electrons. The van der Waals surface area contributed by atoms with Crippen LogP contribution in [-0.2, 0) is 9.59 Å². The van der Waals surface area contributed by atoms with E-state index in [0.717, 1.165) is 45.4 Å². The molecule has 0 bridgehead atoms. The fourth-order valence-corrected chi connectivity index (χ4v) is 7.23. The molecule has 8 unspecified atom stereocenters. The van der Waals surface area contributed by atoms with Crippen molar-refractivity contribution >= 4 is 11.8 Å². The number of carbonyl (C=O) groups is 2. The molecule has 2 amide bonds. The molecule has 9 heteroatoms. The number of nitrogens with zero attached hydrogens (tertiary/aromatic N) is 3. The molecule has 34 heavy (non-hydrogen) atoms. The van der Waals surface area contributed by atoms with Crippen molar-refractivity contribution in [2.45, 2.75) is 94.4 Å². The summed E-state index contributed by atoms with van der Waals surface area (Å²) in [6, 6.07) is -0.0499. The second kappa shape index (κ2) is 9.97. The number of piperazine rings is 1. The lowest BCUT2D eigenvalue weighted by atomic mass is 9.77.